The minimum absolute atomic E-state index is 0.507. The Morgan fingerprint density at radius 3 is 1.72 bits per heavy atom. The van der Waals surface area contributed by atoms with Crippen molar-refractivity contribution >= 4 is 26.6 Å². The van der Waals surface area contributed by atoms with Crippen LogP contribution in [0.3, 0.4) is 0 Å². The van der Waals surface area contributed by atoms with Crippen LogP contribution in [0.2, 0.25) is 0 Å². The fourth-order valence-electron chi connectivity index (χ4n) is 5.39. The maximum absolute atomic E-state index is 2.41. The average Bonchev–Trinajstić information content (AvgIpc) is 3.32. The molecule has 1 heteroatoms. The second-order valence-corrected chi connectivity index (χ2v) is 13.3. The number of allylic oxidation sites excluding steroid dienone is 3. The zero-order valence-electron chi connectivity index (χ0n) is 22.1. The molecule has 0 radical (unpaired) electrons. The van der Waals surface area contributed by atoms with Gasteiger partial charge in [-0.05, 0) is 0 Å². The molecule has 6 rings (SSSR count). The van der Waals surface area contributed by atoms with E-state index in [0.29, 0.717) is 3.63 Å². The third kappa shape index (κ3) is 5.65. The monoisotopic (exact) mass is 576 g/mol. The van der Waals surface area contributed by atoms with E-state index < -0.39 is 23.2 Å². The van der Waals surface area contributed by atoms with E-state index in [9.17, 15) is 0 Å². The Balaban J connectivity index is 1.65. The van der Waals surface area contributed by atoms with Crippen LogP contribution in [0.25, 0.3) is 26.6 Å². The first kappa shape index (κ1) is 25.5. The summed E-state index contributed by atoms with van der Waals surface area (Å²) in [5.41, 5.74) is 12.1. The summed E-state index contributed by atoms with van der Waals surface area (Å²) in [6.07, 6.45) is 4.79. The Kier molecular flexibility index (Phi) is 7.80. The molecule has 1 aliphatic carbocycles. The molecular weight excluding hydrogens is 548 g/mol. The first-order valence-electron chi connectivity index (χ1n) is 13.5. The molecule has 0 spiro atoms. The summed E-state index contributed by atoms with van der Waals surface area (Å²) < 4.78 is 2.04. The minimum atomic E-state index is -1.20. The van der Waals surface area contributed by atoms with E-state index in [2.05, 4.69) is 165 Å². The predicted octanol–water partition coefficient (Wildman–Crippen LogP) is 10.0. The maximum atomic E-state index is 2.41. The van der Waals surface area contributed by atoms with E-state index in [-0.39, 0.29) is 0 Å². The van der Waals surface area contributed by atoms with E-state index in [1.165, 1.54) is 53.4 Å². The molecule has 186 valence electrons. The van der Waals surface area contributed by atoms with Crippen molar-refractivity contribution in [2.45, 2.75) is 10.5 Å². The van der Waals surface area contributed by atoms with Crippen LogP contribution in [-0.2, 0) is 23.2 Å². The van der Waals surface area contributed by atoms with E-state index in [0.717, 1.165) is 0 Å². The van der Waals surface area contributed by atoms with Crippen molar-refractivity contribution in [1.29, 1.82) is 0 Å². The van der Waals surface area contributed by atoms with Gasteiger partial charge in [-0.3, -0.25) is 0 Å². The van der Waals surface area contributed by atoms with Crippen molar-refractivity contribution < 1.29 is 23.2 Å². The third-order valence-corrected chi connectivity index (χ3v) is 11.9. The van der Waals surface area contributed by atoms with Gasteiger partial charge in [0.25, 0.3) is 0 Å². The molecule has 0 amide bonds. The number of fused-ring (bicyclic) bond motifs is 1. The van der Waals surface area contributed by atoms with Crippen LogP contribution in [0.15, 0.2) is 151 Å². The van der Waals surface area contributed by atoms with Crippen molar-refractivity contribution in [3.05, 3.63) is 185 Å². The summed E-state index contributed by atoms with van der Waals surface area (Å²) in [4.78, 5) is 0. The summed E-state index contributed by atoms with van der Waals surface area (Å²) in [6.45, 7) is 2.33. The van der Waals surface area contributed by atoms with Crippen LogP contribution in [0.5, 0.6) is 0 Å². The van der Waals surface area contributed by atoms with Crippen LogP contribution in [-0.4, -0.2) is 0 Å². The first-order valence-corrected chi connectivity index (χ1v) is 16.1. The second kappa shape index (κ2) is 11.9. The molecule has 0 aromatic heterocycles. The van der Waals surface area contributed by atoms with Crippen LogP contribution in [0, 0.1) is 0 Å². The molecule has 5 aromatic carbocycles. The van der Waals surface area contributed by atoms with Gasteiger partial charge in [0.1, 0.15) is 0 Å². The number of hydrogen-bond donors (Lipinski definition) is 0. The van der Waals surface area contributed by atoms with Gasteiger partial charge in [-0.2, -0.15) is 0 Å². The molecule has 0 heterocycles. The molecule has 39 heavy (non-hydrogen) atoms. The van der Waals surface area contributed by atoms with Crippen molar-refractivity contribution in [3.63, 3.8) is 0 Å². The quantitative estimate of drug-likeness (QED) is 0.133. The zero-order chi connectivity index (χ0) is 26.4. The van der Waals surface area contributed by atoms with Crippen molar-refractivity contribution in [2.24, 2.45) is 0 Å². The third-order valence-electron chi connectivity index (χ3n) is 7.27. The second-order valence-electron chi connectivity index (χ2n) is 9.91. The molecular formula is C38H30Zr. The van der Waals surface area contributed by atoms with Crippen LogP contribution in [0.4, 0.5) is 0 Å². The van der Waals surface area contributed by atoms with Gasteiger partial charge in [0.05, 0.1) is 0 Å². The molecule has 1 atom stereocenters. The molecule has 0 saturated carbocycles. The Morgan fingerprint density at radius 2 is 1.08 bits per heavy atom. The Bertz CT molecular complexity index is 1640. The van der Waals surface area contributed by atoms with Crippen molar-refractivity contribution in [2.75, 3.05) is 0 Å². The molecule has 5 aromatic rings. The standard InChI is InChI=1S/C28H21.C10H9.Zr/c1-5-13-23(14-6-1)21-27(25-17-9-3-10-18-25)28(26-19-11-4-12-20-26)22-24-15-7-2-8-16-24;1-8-6-9-4-2-3-5-10(9)7-8;/h1-21H;2-7H,1H3;/b27-21-,28-22?;;. The van der Waals surface area contributed by atoms with Gasteiger partial charge in [0, 0.05) is 0 Å². The summed E-state index contributed by atoms with van der Waals surface area (Å²) in [6, 6.07) is 52.8. The molecule has 0 fully saturated rings. The normalized spacial score (nSPS) is 15.3. The molecule has 0 N–H and O–H groups in total. The van der Waals surface area contributed by atoms with Gasteiger partial charge in [-0.15, -0.1) is 0 Å². The summed E-state index contributed by atoms with van der Waals surface area (Å²) >= 11 is -1.20. The van der Waals surface area contributed by atoms with E-state index in [1.54, 1.807) is 0 Å². The summed E-state index contributed by atoms with van der Waals surface area (Å²) in [7, 11) is 0. The fraction of sp³-hybridized carbons (Fsp3) is 0.0526. The number of rotatable bonds is 7. The van der Waals surface area contributed by atoms with Gasteiger partial charge in [0.2, 0.25) is 0 Å². The molecule has 1 unspecified atom stereocenters. The molecule has 0 nitrogen and oxygen atoms in total. The molecule has 0 aliphatic heterocycles. The Morgan fingerprint density at radius 1 is 0.564 bits per heavy atom. The summed E-state index contributed by atoms with van der Waals surface area (Å²) in [5.74, 6) is 0. The predicted molar refractivity (Wildman–Crippen MR) is 163 cm³/mol. The topological polar surface area (TPSA) is 0 Å². The van der Waals surface area contributed by atoms with Crippen molar-refractivity contribution in [3.8, 4) is 0 Å². The first-order chi connectivity index (χ1) is 19.3. The van der Waals surface area contributed by atoms with E-state index in [4.69, 9.17) is 0 Å². The number of benzene rings is 5. The van der Waals surface area contributed by atoms with Gasteiger partial charge in [-0.25, -0.2) is 0 Å². The van der Waals surface area contributed by atoms with E-state index in [1.807, 2.05) is 0 Å². The average molecular weight is 578 g/mol. The van der Waals surface area contributed by atoms with Crippen LogP contribution in [0.1, 0.15) is 43.9 Å². The van der Waals surface area contributed by atoms with E-state index >= 15 is 0 Å². The fourth-order valence-corrected chi connectivity index (χ4v) is 9.75. The SMILES string of the molecule is CC1=Cc2ccccc2[CH]1[Zr]/[C](=C(/C(=C\c1ccccc1)c1ccccc1)c1ccccc1)c1ccccc1. The zero-order valence-corrected chi connectivity index (χ0v) is 24.5. The van der Waals surface area contributed by atoms with Crippen molar-refractivity contribution in [1.82, 2.24) is 0 Å². The van der Waals surface area contributed by atoms with Gasteiger partial charge < -0.3 is 0 Å². The Labute approximate surface area is 243 Å². The number of hydrogen-bond acceptors (Lipinski definition) is 0. The van der Waals surface area contributed by atoms with Gasteiger partial charge >= 0.3 is 245 Å². The Hall–Kier alpha value is -3.80. The summed E-state index contributed by atoms with van der Waals surface area (Å²) in [5, 5.41) is 0. The molecule has 1 aliphatic rings. The molecule has 0 saturated heterocycles. The van der Waals surface area contributed by atoms with Gasteiger partial charge in [-0.1, -0.05) is 0 Å². The molecule has 0 bridgehead atoms. The van der Waals surface area contributed by atoms with Gasteiger partial charge in [0.15, 0.2) is 0 Å². The van der Waals surface area contributed by atoms with Crippen LogP contribution >= 0.6 is 0 Å². The van der Waals surface area contributed by atoms with Crippen LogP contribution < -0.4 is 0 Å².